The molecule has 0 amide bonds. The second-order valence-corrected chi connectivity index (χ2v) is 5.45. The molecule has 0 radical (unpaired) electrons. The molecule has 94 valence electrons. The zero-order valence-corrected chi connectivity index (χ0v) is 10.4. The van der Waals surface area contributed by atoms with Crippen LogP contribution < -0.4 is 0 Å². The van der Waals surface area contributed by atoms with E-state index in [1.54, 1.807) is 0 Å². The van der Waals surface area contributed by atoms with Crippen LogP contribution in [0.5, 0.6) is 0 Å². The fourth-order valence-electron chi connectivity index (χ4n) is 1.82. The third kappa shape index (κ3) is 3.73. The van der Waals surface area contributed by atoms with Gasteiger partial charge in [0.1, 0.15) is 0 Å². The van der Waals surface area contributed by atoms with Crippen molar-refractivity contribution >= 4 is 17.7 Å². The summed E-state index contributed by atoms with van der Waals surface area (Å²) >= 11 is 1.87. The molecule has 0 aromatic carbocycles. The van der Waals surface area contributed by atoms with Crippen LogP contribution >= 0.6 is 11.8 Å². The van der Waals surface area contributed by atoms with Gasteiger partial charge in [0.05, 0.1) is 5.25 Å². The monoisotopic (exact) mass is 256 g/mol. The molecule has 2 heterocycles. The zero-order chi connectivity index (χ0) is 12.1. The number of aliphatic carboxylic acids is 1. The highest BCUT2D eigenvalue weighted by atomic mass is 32.2. The van der Waals surface area contributed by atoms with Crippen molar-refractivity contribution in [3.8, 4) is 0 Å². The molecule has 6 heteroatoms. The number of nitrogens with zero attached hydrogens (tertiary/aromatic N) is 2. The first-order chi connectivity index (χ1) is 8.25. The molecule has 1 fully saturated rings. The summed E-state index contributed by atoms with van der Waals surface area (Å²) in [6.45, 7) is 0. The Kier molecular flexibility index (Phi) is 4.42. The minimum atomic E-state index is -0.785. The Hall–Kier alpha value is -1.04. The minimum Gasteiger partial charge on any atom is -0.481 e. The maximum Gasteiger partial charge on any atom is 0.303 e. The Morgan fingerprint density at radius 1 is 1.47 bits per heavy atom. The van der Waals surface area contributed by atoms with Gasteiger partial charge >= 0.3 is 5.97 Å². The van der Waals surface area contributed by atoms with E-state index in [-0.39, 0.29) is 6.42 Å². The molecule has 17 heavy (non-hydrogen) atoms. The van der Waals surface area contributed by atoms with Crippen molar-refractivity contribution in [3.63, 3.8) is 0 Å². The number of carbonyl (C=O) groups is 1. The Bertz CT molecular complexity index is 375. The second kappa shape index (κ2) is 6.05. The number of aromatic nitrogens is 2. The third-order valence-corrected chi connectivity index (χ3v) is 4.08. The molecule has 1 aliphatic heterocycles. The molecule has 1 aromatic rings. The molecule has 1 unspecified atom stereocenters. The number of aryl methyl sites for hydroxylation is 1. The van der Waals surface area contributed by atoms with Gasteiger partial charge in [-0.05, 0) is 25.0 Å². The molecule has 0 spiro atoms. The summed E-state index contributed by atoms with van der Waals surface area (Å²) in [6, 6.07) is 0. The van der Waals surface area contributed by atoms with Crippen LogP contribution in [0.4, 0.5) is 0 Å². The number of hydrogen-bond donors (Lipinski definition) is 1. The third-order valence-electron chi connectivity index (χ3n) is 2.72. The van der Waals surface area contributed by atoms with Crippen molar-refractivity contribution < 1.29 is 14.3 Å². The molecular formula is C11H16N2O3S. The molecule has 0 saturated carbocycles. The van der Waals surface area contributed by atoms with E-state index in [1.807, 2.05) is 11.8 Å². The molecule has 0 bridgehead atoms. The summed E-state index contributed by atoms with van der Waals surface area (Å²) in [5.41, 5.74) is 0. The zero-order valence-electron chi connectivity index (χ0n) is 9.59. The number of thioether (sulfide) groups is 1. The highest BCUT2D eigenvalue weighted by Crippen LogP contribution is 2.37. The van der Waals surface area contributed by atoms with E-state index >= 15 is 0 Å². The van der Waals surface area contributed by atoms with Crippen molar-refractivity contribution in [3.05, 3.63) is 11.8 Å². The standard InChI is InChI=1S/C11H16N2O3S/c14-10(15)6-3-5-9-12-13-11(16-9)8-4-1-2-7-17-8/h8H,1-7H2,(H,14,15). The van der Waals surface area contributed by atoms with E-state index in [0.717, 1.165) is 12.2 Å². The van der Waals surface area contributed by atoms with Gasteiger partial charge in [0.25, 0.3) is 0 Å². The number of hydrogen-bond acceptors (Lipinski definition) is 5. The van der Waals surface area contributed by atoms with Gasteiger partial charge in [0.15, 0.2) is 0 Å². The first-order valence-corrected chi connectivity index (χ1v) is 6.96. The predicted octanol–water partition coefficient (Wildman–Crippen LogP) is 2.44. The van der Waals surface area contributed by atoms with Crippen LogP contribution in [0.1, 0.15) is 49.1 Å². The highest BCUT2D eigenvalue weighted by Gasteiger charge is 2.21. The Morgan fingerprint density at radius 3 is 3.06 bits per heavy atom. The van der Waals surface area contributed by atoms with Gasteiger partial charge < -0.3 is 9.52 Å². The average molecular weight is 256 g/mol. The van der Waals surface area contributed by atoms with E-state index in [9.17, 15) is 4.79 Å². The maximum atomic E-state index is 10.4. The molecule has 1 saturated heterocycles. The van der Waals surface area contributed by atoms with Crippen LogP contribution in [-0.4, -0.2) is 27.0 Å². The summed E-state index contributed by atoms with van der Waals surface area (Å²) in [5.74, 6) is 1.64. The minimum absolute atomic E-state index is 0.149. The molecule has 2 rings (SSSR count). The van der Waals surface area contributed by atoms with E-state index < -0.39 is 5.97 Å². The van der Waals surface area contributed by atoms with Crippen LogP contribution in [0.15, 0.2) is 4.42 Å². The quantitative estimate of drug-likeness (QED) is 0.872. The number of carboxylic acids is 1. The fraction of sp³-hybridized carbons (Fsp3) is 0.727. The van der Waals surface area contributed by atoms with E-state index in [0.29, 0.717) is 29.9 Å². The molecule has 1 atom stereocenters. The Labute approximate surface area is 104 Å². The molecule has 1 aliphatic rings. The van der Waals surface area contributed by atoms with E-state index in [4.69, 9.17) is 9.52 Å². The lowest BCUT2D eigenvalue weighted by atomic mass is 10.2. The van der Waals surface area contributed by atoms with Gasteiger partial charge in [-0.15, -0.1) is 22.0 Å². The Balaban J connectivity index is 1.84. The van der Waals surface area contributed by atoms with Gasteiger partial charge in [-0.3, -0.25) is 4.79 Å². The van der Waals surface area contributed by atoms with Crippen LogP contribution in [0.25, 0.3) is 0 Å². The van der Waals surface area contributed by atoms with Crippen molar-refractivity contribution in [1.29, 1.82) is 0 Å². The van der Waals surface area contributed by atoms with E-state index in [1.165, 1.54) is 12.8 Å². The van der Waals surface area contributed by atoms with Crippen LogP contribution in [0.2, 0.25) is 0 Å². The van der Waals surface area contributed by atoms with Crippen molar-refractivity contribution in [1.82, 2.24) is 10.2 Å². The normalized spacial score (nSPS) is 20.4. The first-order valence-electron chi connectivity index (χ1n) is 5.91. The van der Waals surface area contributed by atoms with Gasteiger partial charge in [-0.1, -0.05) is 6.42 Å². The smallest absolute Gasteiger partial charge is 0.303 e. The lowest BCUT2D eigenvalue weighted by Gasteiger charge is -2.17. The van der Waals surface area contributed by atoms with E-state index in [2.05, 4.69) is 10.2 Å². The number of rotatable bonds is 5. The largest absolute Gasteiger partial charge is 0.481 e. The molecule has 1 N–H and O–H groups in total. The summed E-state index contributed by atoms with van der Waals surface area (Å²) in [4.78, 5) is 10.4. The molecule has 5 nitrogen and oxygen atoms in total. The van der Waals surface area contributed by atoms with Gasteiger partial charge in [-0.25, -0.2) is 0 Å². The van der Waals surface area contributed by atoms with Crippen LogP contribution in [0.3, 0.4) is 0 Å². The van der Waals surface area contributed by atoms with Crippen molar-refractivity contribution in [2.24, 2.45) is 0 Å². The van der Waals surface area contributed by atoms with Crippen molar-refractivity contribution in [2.45, 2.75) is 43.8 Å². The topological polar surface area (TPSA) is 76.2 Å². The maximum absolute atomic E-state index is 10.4. The average Bonchev–Trinajstić information content (AvgIpc) is 2.78. The Morgan fingerprint density at radius 2 is 2.35 bits per heavy atom. The SMILES string of the molecule is O=C(O)CCCc1nnc(C2CCCCS2)o1. The summed E-state index contributed by atoms with van der Waals surface area (Å²) in [7, 11) is 0. The summed E-state index contributed by atoms with van der Waals surface area (Å²) in [6.07, 6.45) is 4.83. The van der Waals surface area contributed by atoms with Crippen molar-refractivity contribution in [2.75, 3.05) is 5.75 Å². The van der Waals surface area contributed by atoms with Gasteiger partial charge in [0, 0.05) is 12.8 Å². The van der Waals surface area contributed by atoms with Crippen LogP contribution in [-0.2, 0) is 11.2 Å². The summed E-state index contributed by atoms with van der Waals surface area (Å²) in [5, 5.41) is 16.9. The molecular weight excluding hydrogens is 240 g/mol. The summed E-state index contributed by atoms with van der Waals surface area (Å²) < 4.78 is 5.57. The lowest BCUT2D eigenvalue weighted by molar-refractivity contribution is -0.137. The highest BCUT2D eigenvalue weighted by molar-refractivity contribution is 7.99. The lowest BCUT2D eigenvalue weighted by Crippen LogP contribution is -2.02. The van der Waals surface area contributed by atoms with Crippen LogP contribution in [0, 0.1) is 0 Å². The fourth-order valence-corrected chi connectivity index (χ4v) is 3.05. The second-order valence-electron chi connectivity index (χ2n) is 4.14. The molecule has 1 aromatic heterocycles. The molecule has 0 aliphatic carbocycles. The first kappa shape index (κ1) is 12.4. The van der Waals surface area contributed by atoms with Gasteiger partial charge in [0.2, 0.25) is 11.8 Å². The predicted molar refractivity (Wildman–Crippen MR) is 63.9 cm³/mol. The number of carboxylic acid groups (broad SMARTS) is 1. The van der Waals surface area contributed by atoms with Gasteiger partial charge in [-0.2, -0.15) is 0 Å².